The number of ether oxygens (including phenoxy) is 1. The molecule has 0 spiro atoms. The van der Waals surface area contributed by atoms with Crippen LogP contribution in [0.15, 0.2) is 54.6 Å². The molecule has 0 aliphatic carbocycles. The molecule has 0 bridgehead atoms. The van der Waals surface area contributed by atoms with Crippen LogP contribution in [0.25, 0.3) is 0 Å². The van der Waals surface area contributed by atoms with E-state index in [1.54, 1.807) is 18.9 Å². The molecule has 2 amide bonds. The molecule has 0 atom stereocenters. The average molecular weight is 354 g/mol. The van der Waals surface area contributed by atoms with Crippen molar-refractivity contribution in [2.75, 3.05) is 26.7 Å². The highest BCUT2D eigenvalue weighted by atomic mass is 16.5. The summed E-state index contributed by atoms with van der Waals surface area (Å²) in [7, 11) is 1.64. The van der Waals surface area contributed by atoms with Gasteiger partial charge in [-0.25, -0.2) is 0 Å². The zero-order valence-corrected chi connectivity index (χ0v) is 15.4. The maximum Gasteiger partial charge on any atom is 0.224 e. The maximum absolute atomic E-state index is 12.0. The van der Waals surface area contributed by atoms with Crippen LogP contribution in [-0.2, 0) is 22.4 Å². The second-order valence-electron chi connectivity index (χ2n) is 6.12. The lowest BCUT2D eigenvalue weighted by Crippen LogP contribution is -2.39. The Kier molecular flexibility index (Phi) is 7.68. The van der Waals surface area contributed by atoms with E-state index in [2.05, 4.69) is 5.32 Å². The van der Waals surface area contributed by atoms with Crippen molar-refractivity contribution in [2.45, 2.75) is 19.8 Å². The summed E-state index contributed by atoms with van der Waals surface area (Å²) >= 11 is 0. The fraction of sp³-hybridized carbons (Fsp3) is 0.333. The first kappa shape index (κ1) is 19.5. The second kappa shape index (κ2) is 10.2. The predicted molar refractivity (Wildman–Crippen MR) is 102 cm³/mol. The first-order chi connectivity index (χ1) is 12.6. The van der Waals surface area contributed by atoms with Gasteiger partial charge in [0, 0.05) is 26.6 Å². The molecule has 5 heteroatoms. The standard InChI is InChI=1S/C21H26N2O3/c1-17(24)23(14-12-18-8-10-20(26-2)11-9-18)15-13-22-21(25)16-19-6-4-3-5-7-19/h3-11H,12-16H2,1-2H3,(H,22,25). The number of rotatable bonds is 9. The first-order valence-corrected chi connectivity index (χ1v) is 8.77. The van der Waals surface area contributed by atoms with E-state index in [4.69, 9.17) is 4.74 Å². The summed E-state index contributed by atoms with van der Waals surface area (Å²) in [6.07, 6.45) is 1.12. The van der Waals surface area contributed by atoms with Gasteiger partial charge in [0.25, 0.3) is 0 Å². The lowest BCUT2D eigenvalue weighted by atomic mass is 10.1. The minimum atomic E-state index is -0.0325. The number of benzene rings is 2. The van der Waals surface area contributed by atoms with Crippen molar-refractivity contribution in [3.63, 3.8) is 0 Å². The van der Waals surface area contributed by atoms with Crippen LogP contribution >= 0.6 is 0 Å². The van der Waals surface area contributed by atoms with Crippen LogP contribution in [0.5, 0.6) is 5.75 Å². The predicted octanol–water partition coefficient (Wildman–Crippen LogP) is 2.45. The molecule has 0 aromatic heterocycles. The van der Waals surface area contributed by atoms with Crippen molar-refractivity contribution < 1.29 is 14.3 Å². The summed E-state index contributed by atoms with van der Waals surface area (Å²) in [4.78, 5) is 25.6. The van der Waals surface area contributed by atoms with Crippen LogP contribution in [-0.4, -0.2) is 43.5 Å². The van der Waals surface area contributed by atoms with Crippen LogP contribution in [0.1, 0.15) is 18.1 Å². The van der Waals surface area contributed by atoms with E-state index >= 15 is 0 Å². The quantitative estimate of drug-likeness (QED) is 0.752. The van der Waals surface area contributed by atoms with Gasteiger partial charge in [0.15, 0.2) is 0 Å². The van der Waals surface area contributed by atoms with Gasteiger partial charge in [-0.3, -0.25) is 9.59 Å². The fourth-order valence-electron chi connectivity index (χ4n) is 2.66. The molecule has 0 aliphatic rings. The molecule has 1 N–H and O–H groups in total. The lowest BCUT2D eigenvalue weighted by molar-refractivity contribution is -0.129. The van der Waals surface area contributed by atoms with E-state index in [0.717, 1.165) is 23.3 Å². The SMILES string of the molecule is COc1ccc(CCN(CCNC(=O)Cc2ccccc2)C(C)=O)cc1. The van der Waals surface area contributed by atoms with Crippen LogP contribution < -0.4 is 10.1 Å². The molecule has 138 valence electrons. The normalized spacial score (nSPS) is 10.2. The van der Waals surface area contributed by atoms with Crippen molar-refractivity contribution in [1.29, 1.82) is 0 Å². The van der Waals surface area contributed by atoms with E-state index in [0.29, 0.717) is 26.1 Å². The molecule has 0 radical (unpaired) electrons. The Morgan fingerprint density at radius 2 is 1.65 bits per heavy atom. The van der Waals surface area contributed by atoms with Gasteiger partial charge < -0.3 is 15.0 Å². The number of hydrogen-bond acceptors (Lipinski definition) is 3. The summed E-state index contributed by atoms with van der Waals surface area (Å²) in [6, 6.07) is 17.4. The minimum absolute atomic E-state index is 0.0100. The molecule has 5 nitrogen and oxygen atoms in total. The van der Waals surface area contributed by atoms with E-state index in [1.165, 1.54) is 0 Å². The van der Waals surface area contributed by atoms with Crippen molar-refractivity contribution in [2.24, 2.45) is 0 Å². The Morgan fingerprint density at radius 1 is 0.962 bits per heavy atom. The number of methoxy groups -OCH3 is 1. The summed E-state index contributed by atoms with van der Waals surface area (Å²) in [5.74, 6) is 0.795. The van der Waals surface area contributed by atoms with Gasteiger partial charge in [-0.2, -0.15) is 0 Å². The second-order valence-corrected chi connectivity index (χ2v) is 6.12. The summed E-state index contributed by atoms with van der Waals surface area (Å²) in [6.45, 7) is 3.13. The van der Waals surface area contributed by atoms with E-state index in [9.17, 15) is 9.59 Å². The number of nitrogens with zero attached hydrogens (tertiary/aromatic N) is 1. The van der Waals surface area contributed by atoms with Gasteiger partial charge in [0.1, 0.15) is 5.75 Å². The maximum atomic E-state index is 12.0. The molecular weight excluding hydrogens is 328 g/mol. The third kappa shape index (κ3) is 6.59. The molecule has 0 saturated heterocycles. The molecule has 0 unspecified atom stereocenters. The third-order valence-electron chi connectivity index (χ3n) is 4.19. The van der Waals surface area contributed by atoms with E-state index in [1.807, 2.05) is 54.6 Å². The smallest absolute Gasteiger partial charge is 0.224 e. The van der Waals surface area contributed by atoms with Crippen molar-refractivity contribution in [3.05, 3.63) is 65.7 Å². The Balaban J connectivity index is 1.75. The molecule has 2 rings (SSSR count). The highest BCUT2D eigenvalue weighted by molar-refractivity contribution is 5.78. The Bertz CT molecular complexity index is 699. The Morgan fingerprint density at radius 3 is 2.27 bits per heavy atom. The van der Waals surface area contributed by atoms with Crippen molar-refractivity contribution in [3.8, 4) is 5.75 Å². The zero-order valence-electron chi connectivity index (χ0n) is 15.4. The average Bonchev–Trinajstić information content (AvgIpc) is 2.65. The van der Waals surface area contributed by atoms with Crippen molar-refractivity contribution >= 4 is 11.8 Å². The molecule has 2 aromatic rings. The van der Waals surface area contributed by atoms with Gasteiger partial charge in [-0.05, 0) is 29.7 Å². The fourth-order valence-corrected chi connectivity index (χ4v) is 2.66. The molecule has 0 heterocycles. The number of hydrogen-bond donors (Lipinski definition) is 1. The monoisotopic (exact) mass is 354 g/mol. The van der Waals surface area contributed by atoms with Crippen molar-refractivity contribution in [1.82, 2.24) is 10.2 Å². The number of amides is 2. The summed E-state index contributed by atoms with van der Waals surface area (Å²) in [5.41, 5.74) is 2.12. The lowest BCUT2D eigenvalue weighted by Gasteiger charge is -2.21. The zero-order chi connectivity index (χ0) is 18.8. The number of carbonyl (C=O) groups is 2. The first-order valence-electron chi connectivity index (χ1n) is 8.77. The van der Waals surface area contributed by atoms with E-state index < -0.39 is 0 Å². The molecular formula is C21H26N2O3. The van der Waals surface area contributed by atoms with E-state index in [-0.39, 0.29) is 11.8 Å². The van der Waals surface area contributed by atoms with Gasteiger partial charge in [0.05, 0.1) is 13.5 Å². The number of nitrogens with one attached hydrogen (secondary N) is 1. The molecule has 0 saturated carbocycles. The van der Waals surface area contributed by atoms with Gasteiger partial charge >= 0.3 is 0 Å². The Labute approximate surface area is 155 Å². The topological polar surface area (TPSA) is 58.6 Å². The molecule has 26 heavy (non-hydrogen) atoms. The molecule has 0 aliphatic heterocycles. The van der Waals surface area contributed by atoms with Gasteiger partial charge in [0.2, 0.25) is 11.8 Å². The number of carbonyl (C=O) groups excluding carboxylic acids is 2. The van der Waals surface area contributed by atoms with Gasteiger partial charge in [-0.15, -0.1) is 0 Å². The van der Waals surface area contributed by atoms with Gasteiger partial charge in [-0.1, -0.05) is 42.5 Å². The minimum Gasteiger partial charge on any atom is -0.497 e. The van der Waals surface area contributed by atoms with Crippen LogP contribution in [0, 0.1) is 0 Å². The highest BCUT2D eigenvalue weighted by Crippen LogP contribution is 2.12. The highest BCUT2D eigenvalue weighted by Gasteiger charge is 2.10. The van der Waals surface area contributed by atoms with Crippen LogP contribution in [0.2, 0.25) is 0 Å². The molecule has 2 aromatic carbocycles. The summed E-state index contributed by atoms with van der Waals surface area (Å²) in [5, 5.41) is 2.88. The third-order valence-corrected chi connectivity index (χ3v) is 4.19. The largest absolute Gasteiger partial charge is 0.497 e. The van der Waals surface area contributed by atoms with Crippen LogP contribution in [0.3, 0.4) is 0 Å². The molecule has 0 fully saturated rings. The summed E-state index contributed by atoms with van der Waals surface area (Å²) < 4.78 is 5.15. The Hall–Kier alpha value is -2.82. The van der Waals surface area contributed by atoms with Crippen LogP contribution in [0.4, 0.5) is 0 Å².